The van der Waals surface area contributed by atoms with Gasteiger partial charge in [0.1, 0.15) is 0 Å². The van der Waals surface area contributed by atoms with Crippen LogP contribution in [0.2, 0.25) is 0 Å². The van der Waals surface area contributed by atoms with Gasteiger partial charge in [0, 0.05) is 4.88 Å². The van der Waals surface area contributed by atoms with Gasteiger partial charge in [-0.05, 0) is 56.5 Å². The second-order valence-electron chi connectivity index (χ2n) is 7.46. The van der Waals surface area contributed by atoms with Crippen molar-refractivity contribution >= 4 is 37.4 Å². The normalized spacial score (nSPS) is 13.9. The minimum Gasteiger partial charge on any atom is -0.464 e. The third-order valence-corrected chi connectivity index (χ3v) is 8.55. The molecule has 0 aliphatic rings. The van der Waals surface area contributed by atoms with Crippen LogP contribution in [0.4, 0.5) is 0 Å². The van der Waals surface area contributed by atoms with E-state index in [9.17, 15) is 21.6 Å². The maximum absolute atomic E-state index is 13.1. The van der Waals surface area contributed by atoms with E-state index in [1.807, 2.05) is 6.92 Å². The Balaban J connectivity index is 2.04. The smallest absolute Gasteiger partial charge is 0.338 e. The zero-order valence-electron chi connectivity index (χ0n) is 18.8. The van der Waals surface area contributed by atoms with Gasteiger partial charge in [-0.2, -0.15) is 13.1 Å². The molecule has 0 saturated heterocycles. The number of esters is 1. The first-order chi connectivity index (χ1) is 16.0. The largest absolute Gasteiger partial charge is 0.464 e. The van der Waals surface area contributed by atoms with Crippen LogP contribution in [0.15, 0.2) is 75.8 Å². The van der Waals surface area contributed by atoms with E-state index in [0.717, 1.165) is 22.5 Å². The Morgan fingerprint density at radius 3 is 1.97 bits per heavy atom. The number of carbonyl (C=O) groups excluding carboxylic acids is 1. The molecule has 2 aromatic carbocycles. The average molecular weight is 524 g/mol. The third kappa shape index (κ3) is 6.30. The minimum atomic E-state index is -4.43. The number of hydrogen-bond acceptors (Lipinski definition) is 8. The maximum atomic E-state index is 13.1. The SMILES string of the molecule is CCOC(=O)[C@H](OS(=O)(=O)c1ccc(C)cc1)[C@H](NS(=O)(=O)c1ccc(C)cc1)c1cccs1. The molecule has 8 nitrogen and oxygen atoms in total. The summed E-state index contributed by atoms with van der Waals surface area (Å²) in [6.45, 7) is 5.12. The molecule has 34 heavy (non-hydrogen) atoms. The predicted molar refractivity (Wildman–Crippen MR) is 128 cm³/mol. The Morgan fingerprint density at radius 1 is 0.912 bits per heavy atom. The molecule has 1 N–H and O–H groups in total. The van der Waals surface area contributed by atoms with Crippen molar-refractivity contribution in [2.45, 2.75) is 42.7 Å². The molecule has 0 bridgehead atoms. The lowest BCUT2D eigenvalue weighted by Crippen LogP contribution is -2.43. The van der Waals surface area contributed by atoms with E-state index in [1.165, 1.54) is 24.3 Å². The van der Waals surface area contributed by atoms with Crippen LogP contribution < -0.4 is 4.72 Å². The number of aryl methyl sites for hydroxylation is 2. The van der Waals surface area contributed by atoms with Crippen molar-refractivity contribution in [2.24, 2.45) is 0 Å². The van der Waals surface area contributed by atoms with E-state index in [0.29, 0.717) is 4.88 Å². The van der Waals surface area contributed by atoms with E-state index in [2.05, 4.69) is 4.72 Å². The first-order valence-electron chi connectivity index (χ1n) is 10.3. The fourth-order valence-electron chi connectivity index (χ4n) is 3.04. The monoisotopic (exact) mass is 523 g/mol. The van der Waals surface area contributed by atoms with E-state index in [-0.39, 0.29) is 16.4 Å². The van der Waals surface area contributed by atoms with Gasteiger partial charge < -0.3 is 4.74 Å². The molecule has 1 aromatic heterocycles. The van der Waals surface area contributed by atoms with Crippen LogP contribution in [0, 0.1) is 13.8 Å². The summed E-state index contributed by atoms with van der Waals surface area (Å²) < 4.78 is 65.1. The topological polar surface area (TPSA) is 116 Å². The highest BCUT2D eigenvalue weighted by Crippen LogP contribution is 2.30. The molecule has 0 unspecified atom stereocenters. The molecular formula is C23H25NO7S3. The fraction of sp³-hybridized carbons (Fsp3) is 0.261. The van der Waals surface area contributed by atoms with Gasteiger partial charge in [-0.1, -0.05) is 41.5 Å². The number of sulfonamides is 1. The molecule has 3 aromatic rings. The van der Waals surface area contributed by atoms with Crippen molar-refractivity contribution in [3.8, 4) is 0 Å². The third-order valence-electron chi connectivity index (χ3n) is 4.82. The summed E-state index contributed by atoms with van der Waals surface area (Å²) in [7, 11) is -8.58. The standard InChI is InChI=1S/C23H25NO7S3/c1-4-30-23(25)22(31-34(28,29)19-13-9-17(3)10-14-19)21(20-6-5-15-32-20)24-33(26,27)18-11-7-16(2)8-12-18/h5-15,21-22,24H,4H2,1-3H3/t21-,22-/m1/s1. The van der Waals surface area contributed by atoms with Crippen LogP contribution in [0.25, 0.3) is 0 Å². The lowest BCUT2D eigenvalue weighted by molar-refractivity contribution is -0.152. The van der Waals surface area contributed by atoms with Crippen LogP contribution in [0.3, 0.4) is 0 Å². The van der Waals surface area contributed by atoms with Crippen LogP contribution in [-0.4, -0.2) is 35.5 Å². The number of thiophene rings is 1. The van der Waals surface area contributed by atoms with Gasteiger partial charge in [0.05, 0.1) is 22.4 Å². The lowest BCUT2D eigenvalue weighted by Gasteiger charge is -2.25. The lowest BCUT2D eigenvalue weighted by atomic mass is 10.1. The predicted octanol–water partition coefficient (Wildman–Crippen LogP) is 3.72. The van der Waals surface area contributed by atoms with Gasteiger partial charge in [-0.3, -0.25) is 0 Å². The molecule has 0 aliphatic carbocycles. The first kappa shape index (κ1) is 26.0. The molecule has 182 valence electrons. The summed E-state index contributed by atoms with van der Waals surface area (Å²) in [6.07, 6.45) is -1.80. The van der Waals surface area contributed by atoms with Crippen LogP contribution in [0.1, 0.15) is 29.0 Å². The van der Waals surface area contributed by atoms with E-state index in [4.69, 9.17) is 8.92 Å². The van der Waals surface area contributed by atoms with Crippen molar-refractivity contribution in [1.82, 2.24) is 4.72 Å². The van der Waals surface area contributed by atoms with Gasteiger partial charge in [0.15, 0.2) is 6.10 Å². The Morgan fingerprint density at radius 2 is 1.47 bits per heavy atom. The number of benzene rings is 2. The molecule has 0 fully saturated rings. The molecule has 1 heterocycles. The highest BCUT2D eigenvalue weighted by atomic mass is 32.2. The molecule has 0 spiro atoms. The first-order valence-corrected chi connectivity index (χ1v) is 14.1. The number of carbonyl (C=O) groups is 1. The van der Waals surface area contributed by atoms with Crippen molar-refractivity contribution in [2.75, 3.05) is 6.61 Å². The summed E-state index contributed by atoms with van der Waals surface area (Å²) in [5, 5.41) is 1.68. The van der Waals surface area contributed by atoms with Crippen molar-refractivity contribution in [3.63, 3.8) is 0 Å². The van der Waals surface area contributed by atoms with Crippen LogP contribution in [0.5, 0.6) is 0 Å². The van der Waals surface area contributed by atoms with Gasteiger partial charge >= 0.3 is 5.97 Å². The fourth-order valence-corrected chi connectivity index (χ4v) is 6.18. The van der Waals surface area contributed by atoms with E-state index < -0.39 is 38.3 Å². The van der Waals surface area contributed by atoms with Crippen molar-refractivity contribution in [1.29, 1.82) is 0 Å². The summed E-state index contributed by atoms with van der Waals surface area (Å²) in [5.74, 6) is -1.01. The zero-order valence-corrected chi connectivity index (χ0v) is 21.2. The quantitative estimate of drug-likeness (QED) is 0.318. The number of ether oxygens (including phenoxy) is 1. The molecule has 0 radical (unpaired) electrons. The second kappa shape index (κ2) is 10.8. The van der Waals surface area contributed by atoms with Gasteiger partial charge in [0.25, 0.3) is 10.1 Å². The van der Waals surface area contributed by atoms with Crippen LogP contribution in [-0.2, 0) is 33.9 Å². The van der Waals surface area contributed by atoms with E-state index in [1.54, 1.807) is 55.6 Å². The minimum absolute atomic E-state index is 0.0383. The molecular weight excluding hydrogens is 498 g/mol. The van der Waals surface area contributed by atoms with E-state index >= 15 is 0 Å². The highest BCUT2D eigenvalue weighted by Gasteiger charge is 2.40. The summed E-state index contributed by atoms with van der Waals surface area (Å²) in [4.78, 5) is 13.0. The summed E-state index contributed by atoms with van der Waals surface area (Å²) in [5.41, 5.74) is 1.70. The van der Waals surface area contributed by atoms with Crippen molar-refractivity contribution < 1.29 is 30.6 Å². The highest BCUT2D eigenvalue weighted by molar-refractivity contribution is 7.89. The number of hydrogen-bond donors (Lipinski definition) is 1. The molecule has 0 saturated carbocycles. The Kier molecular flexibility index (Phi) is 8.26. The van der Waals surface area contributed by atoms with Crippen molar-refractivity contribution in [3.05, 3.63) is 82.0 Å². The molecule has 0 amide bonds. The Labute approximate surface area is 203 Å². The summed E-state index contributed by atoms with van der Waals surface area (Å²) >= 11 is 1.15. The van der Waals surface area contributed by atoms with Gasteiger partial charge in [0.2, 0.25) is 10.0 Å². The molecule has 2 atom stereocenters. The zero-order chi connectivity index (χ0) is 24.9. The van der Waals surface area contributed by atoms with Gasteiger partial charge in [-0.15, -0.1) is 11.3 Å². The number of nitrogens with one attached hydrogen (secondary N) is 1. The number of rotatable bonds is 10. The van der Waals surface area contributed by atoms with Crippen LogP contribution >= 0.6 is 11.3 Å². The second-order valence-corrected chi connectivity index (χ2v) is 11.7. The van der Waals surface area contributed by atoms with Gasteiger partial charge in [-0.25, -0.2) is 17.4 Å². The Bertz CT molecular complexity index is 1320. The molecule has 11 heteroatoms. The maximum Gasteiger partial charge on any atom is 0.338 e. The Hall–Kier alpha value is -2.57. The molecule has 0 aliphatic heterocycles. The molecule has 3 rings (SSSR count). The summed E-state index contributed by atoms with van der Waals surface area (Å²) in [6, 6.07) is 13.9. The average Bonchev–Trinajstić information content (AvgIpc) is 3.32.